The van der Waals surface area contributed by atoms with Crippen LogP contribution in [-0.2, 0) is 5.60 Å². The first-order valence-corrected chi connectivity index (χ1v) is 6.09. The van der Waals surface area contributed by atoms with Crippen molar-refractivity contribution in [3.63, 3.8) is 0 Å². The summed E-state index contributed by atoms with van der Waals surface area (Å²) in [5.74, 6) is -0.341. The van der Waals surface area contributed by atoms with Gasteiger partial charge < -0.3 is 5.11 Å². The normalized spacial score (nSPS) is 19.8. The molecule has 0 atom stereocenters. The van der Waals surface area contributed by atoms with Gasteiger partial charge in [-0.1, -0.05) is 30.9 Å². The van der Waals surface area contributed by atoms with Crippen LogP contribution in [0.2, 0.25) is 5.02 Å². The largest absolute Gasteiger partial charge is 0.385 e. The summed E-state index contributed by atoms with van der Waals surface area (Å²) in [5, 5.41) is 11.0. The minimum Gasteiger partial charge on any atom is -0.385 e. The molecule has 0 aromatic heterocycles. The summed E-state index contributed by atoms with van der Waals surface area (Å²) in [6, 6.07) is 2.99. The Morgan fingerprint density at radius 3 is 2.50 bits per heavy atom. The third-order valence-corrected chi connectivity index (χ3v) is 3.84. The van der Waals surface area contributed by atoms with E-state index in [0.29, 0.717) is 29.0 Å². The third kappa shape index (κ3) is 2.09. The van der Waals surface area contributed by atoms with Crippen LogP contribution in [0.1, 0.15) is 43.2 Å². The minimum absolute atomic E-state index is 0.341. The summed E-state index contributed by atoms with van der Waals surface area (Å²) in [7, 11) is 0. The van der Waals surface area contributed by atoms with Gasteiger partial charge in [-0.2, -0.15) is 0 Å². The van der Waals surface area contributed by atoms with Gasteiger partial charge in [-0.15, -0.1) is 0 Å². The van der Waals surface area contributed by atoms with Gasteiger partial charge in [-0.25, -0.2) is 4.39 Å². The number of rotatable bonds is 1. The molecule has 0 unspecified atom stereocenters. The molecule has 0 aliphatic heterocycles. The Labute approximate surface area is 100 Å². The molecule has 2 rings (SSSR count). The highest BCUT2D eigenvalue weighted by molar-refractivity contribution is 6.31. The van der Waals surface area contributed by atoms with E-state index in [0.717, 1.165) is 19.3 Å². The Bertz CT molecular complexity index is 397. The first-order valence-electron chi connectivity index (χ1n) is 5.71. The molecule has 0 radical (unpaired) electrons. The number of aryl methyl sites for hydroxylation is 1. The molecule has 3 heteroatoms. The Morgan fingerprint density at radius 2 is 1.88 bits per heavy atom. The smallest absolute Gasteiger partial charge is 0.129 e. The van der Waals surface area contributed by atoms with Gasteiger partial charge in [-0.05, 0) is 37.5 Å². The SMILES string of the molecule is Cc1cc(F)c(C2(O)CCCCC2)cc1Cl. The fourth-order valence-electron chi connectivity index (χ4n) is 2.41. The molecule has 0 bridgehead atoms. The van der Waals surface area contributed by atoms with Crippen molar-refractivity contribution in [1.82, 2.24) is 0 Å². The fourth-order valence-corrected chi connectivity index (χ4v) is 2.57. The lowest BCUT2D eigenvalue weighted by Crippen LogP contribution is -2.29. The molecule has 0 spiro atoms. The van der Waals surface area contributed by atoms with Crippen molar-refractivity contribution in [2.24, 2.45) is 0 Å². The van der Waals surface area contributed by atoms with Crippen LogP contribution in [-0.4, -0.2) is 5.11 Å². The molecule has 0 saturated heterocycles. The zero-order valence-corrected chi connectivity index (χ0v) is 10.1. The lowest BCUT2D eigenvalue weighted by Gasteiger charge is -2.33. The number of benzene rings is 1. The van der Waals surface area contributed by atoms with Crippen molar-refractivity contribution < 1.29 is 9.50 Å². The maximum Gasteiger partial charge on any atom is 0.129 e. The van der Waals surface area contributed by atoms with E-state index >= 15 is 0 Å². The van der Waals surface area contributed by atoms with E-state index in [-0.39, 0.29) is 5.82 Å². The second kappa shape index (κ2) is 4.34. The van der Waals surface area contributed by atoms with E-state index < -0.39 is 5.60 Å². The first-order chi connectivity index (χ1) is 7.53. The van der Waals surface area contributed by atoms with Gasteiger partial charge in [0.15, 0.2) is 0 Å². The van der Waals surface area contributed by atoms with E-state index in [1.165, 1.54) is 6.07 Å². The molecular formula is C13H16ClFO. The van der Waals surface area contributed by atoms with Crippen LogP contribution in [0.5, 0.6) is 0 Å². The highest BCUT2D eigenvalue weighted by atomic mass is 35.5. The maximum absolute atomic E-state index is 13.8. The van der Waals surface area contributed by atoms with E-state index in [1.807, 2.05) is 0 Å². The van der Waals surface area contributed by atoms with E-state index in [2.05, 4.69) is 0 Å². The standard InChI is InChI=1S/C13H16ClFO/c1-9-7-12(15)10(8-11(9)14)13(16)5-3-2-4-6-13/h7-8,16H,2-6H2,1H3. The van der Waals surface area contributed by atoms with Gasteiger partial charge in [0.25, 0.3) is 0 Å². The summed E-state index contributed by atoms with van der Waals surface area (Å²) >= 11 is 5.99. The molecule has 0 heterocycles. The Kier molecular flexibility index (Phi) is 3.22. The lowest BCUT2D eigenvalue weighted by molar-refractivity contribution is -0.00374. The third-order valence-electron chi connectivity index (χ3n) is 3.43. The van der Waals surface area contributed by atoms with Crippen molar-refractivity contribution in [3.8, 4) is 0 Å². The molecule has 16 heavy (non-hydrogen) atoms. The molecule has 88 valence electrons. The van der Waals surface area contributed by atoms with Crippen LogP contribution in [0.3, 0.4) is 0 Å². The Morgan fingerprint density at radius 1 is 1.25 bits per heavy atom. The van der Waals surface area contributed by atoms with Gasteiger partial charge in [0, 0.05) is 10.6 Å². The maximum atomic E-state index is 13.8. The molecule has 1 aromatic rings. The number of halogens is 2. The topological polar surface area (TPSA) is 20.2 Å². The average Bonchev–Trinajstić information content (AvgIpc) is 2.24. The second-order valence-electron chi connectivity index (χ2n) is 4.67. The zero-order valence-electron chi connectivity index (χ0n) is 9.39. The van der Waals surface area contributed by atoms with Crippen LogP contribution < -0.4 is 0 Å². The highest BCUT2D eigenvalue weighted by Gasteiger charge is 2.33. The Hall–Kier alpha value is -0.600. The summed E-state index contributed by atoms with van der Waals surface area (Å²) in [4.78, 5) is 0. The van der Waals surface area contributed by atoms with Crippen molar-refractivity contribution in [1.29, 1.82) is 0 Å². The molecule has 1 fully saturated rings. The molecule has 1 aliphatic rings. The molecular weight excluding hydrogens is 227 g/mol. The molecule has 1 nitrogen and oxygen atoms in total. The van der Waals surface area contributed by atoms with E-state index in [9.17, 15) is 9.50 Å². The van der Waals surface area contributed by atoms with Gasteiger partial charge in [0.1, 0.15) is 5.82 Å². The predicted octanol–water partition coefficient (Wildman–Crippen LogP) is 3.94. The monoisotopic (exact) mass is 242 g/mol. The predicted molar refractivity (Wildman–Crippen MR) is 63.1 cm³/mol. The molecule has 1 saturated carbocycles. The number of hydrogen-bond acceptors (Lipinski definition) is 1. The van der Waals surface area contributed by atoms with Crippen LogP contribution >= 0.6 is 11.6 Å². The highest BCUT2D eigenvalue weighted by Crippen LogP contribution is 2.39. The fraction of sp³-hybridized carbons (Fsp3) is 0.538. The second-order valence-corrected chi connectivity index (χ2v) is 5.08. The summed E-state index contributed by atoms with van der Waals surface area (Å²) in [6.07, 6.45) is 4.26. The molecule has 1 N–H and O–H groups in total. The van der Waals surface area contributed by atoms with Crippen LogP contribution in [0.15, 0.2) is 12.1 Å². The Balaban J connectivity index is 2.42. The van der Waals surface area contributed by atoms with Crippen molar-refractivity contribution in [2.45, 2.75) is 44.6 Å². The number of hydrogen-bond donors (Lipinski definition) is 1. The van der Waals surface area contributed by atoms with Gasteiger partial charge in [0.05, 0.1) is 5.60 Å². The van der Waals surface area contributed by atoms with Crippen LogP contribution in [0.25, 0.3) is 0 Å². The van der Waals surface area contributed by atoms with Crippen LogP contribution in [0.4, 0.5) is 4.39 Å². The molecule has 0 amide bonds. The van der Waals surface area contributed by atoms with E-state index in [4.69, 9.17) is 11.6 Å². The molecule has 1 aliphatic carbocycles. The summed E-state index contributed by atoms with van der Waals surface area (Å²) in [5.41, 5.74) is 0.0600. The van der Waals surface area contributed by atoms with Crippen LogP contribution in [0, 0.1) is 12.7 Å². The van der Waals surface area contributed by atoms with E-state index in [1.54, 1.807) is 13.0 Å². The average molecular weight is 243 g/mol. The molecule has 1 aromatic carbocycles. The summed E-state index contributed by atoms with van der Waals surface area (Å²) in [6.45, 7) is 1.76. The van der Waals surface area contributed by atoms with Gasteiger partial charge in [0.2, 0.25) is 0 Å². The zero-order chi connectivity index (χ0) is 11.8. The first kappa shape index (κ1) is 11.9. The minimum atomic E-state index is -1.01. The van der Waals surface area contributed by atoms with Gasteiger partial charge >= 0.3 is 0 Å². The number of aliphatic hydroxyl groups is 1. The van der Waals surface area contributed by atoms with Crippen molar-refractivity contribution in [2.75, 3.05) is 0 Å². The quantitative estimate of drug-likeness (QED) is 0.791. The van der Waals surface area contributed by atoms with Crippen molar-refractivity contribution in [3.05, 3.63) is 34.1 Å². The summed E-state index contributed by atoms with van der Waals surface area (Å²) < 4.78 is 13.8. The lowest BCUT2D eigenvalue weighted by atomic mass is 9.79. The van der Waals surface area contributed by atoms with Crippen molar-refractivity contribution >= 4 is 11.6 Å². The van der Waals surface area contributed by atoms with Gasteiger partial charge in [-0.3, -0.25) is 0 Å².